The monoisotopic (exact) mass is 161 g/mol. The average Bonchev–Trinajstić information content (AvgIpc) is 2.15. The molecule has 1 aromatic heterocycles. The Balaban J connectivity index is 2.71. The van der Waals surface area contributed by atoms with Gasteiger partial charge < -0.3 is 0 Å². The van der Waals surface area contributed by atoms with Crippen LogP contribution in [0.2, 0.25) is 0 Å². The Morgan fingerprint density at radius 1 is 1.33 bits per heavy atom. The second kappa shape index (κ2) is 4.70. The summed E-state index contributed by atoms with van der Waals surface area (Å²) in [6.07, 6.45) is 8.24. The van der Waals surface area contributed by atoms with E-state index in [0.29, 0.717) is 0 Å². The highest BCUT2D eigenvalue weighted by Gasteiger charge is 1.89. The van der Waals surface area contributed by atoms with Crippen LogP contribution >= 0.6 is 0 Å². The normalized spacial score (nSPS) is 10.8. The SMILES string of the molecule is CC/C=C/c1ccc(CC)cn1. The molecule has 1 rings (SSSR count). The van der Waals surface area contributed by atoms with Gasteiger partial charge in [-0.25, -0.2) is 0 Å². The van der Waals surface area contributed by atoms with E-state index in [-0.39, 0.29) is 0 Å². The molecule has 0 atom stereocenters. The summed E-state index contributed by atoms with van der Waals surface area (Å²) in [6, 6.07) is 4.19. The Hall–Kier alpha value is -1.11. The lowest BCUT2D eigenvalue weighted by Gasteiger charge is -1.95. The number of allylic oxidation sites excluding steroid dienone is 1. The first kappa shape index (κ1) is 8.98. The molecule has 0 N–H and O–H groups in total. The zero-order chi connectivity index (χ0) is 8.81. The highest BCUT2D eigenvalue weighted by atomic mass is 14.7. The van der Waals surface area contributed by atoms with E-state index >= 15 is 0 Å². The van der Waals surface area contributed by atoms with Crippen LogP contribution in [-0.2, 0) is 6.42 Å². The Morgan fingerprint density at radius 2 is 2.17 bits per heavy atom. The minimum absolute atomic E-state index is 1.05. The van der Waals surface area contributed by atoms with Crippen LogP contribution in [0.4, 0.5) is 0 Å². The summed E-state index contributed by atoms with van der Waals surface area (Å²) in [5, 5.41) is 0. The molecule has 0 amide bonds. The fourth-order valence-corrected chi connectivity index (χ4v) is 0.982. The lowest BCUT2D eigenvalue weighted by molar-refractivity contribution is 1.10. The summed E-state index contributed by atoms with van der Waals surface area (Å²) in [7, 11) is 0. The largest absolute Gasteiger partial charge is 0.257 e. The van der Waals surface area contributed by atoms with Gasteiger partial charge in [-0.2, -0.15) is 0 Å². The van der Waals surface area contributed by atoms with Crippen LogP contribution in [0.25, 0.3) is 6.08 Å². The Morgan fingerprint density at radius 3 is 2.67 bits per heavy atom. The first-order valence-electron chi connectivity index (χ1n) is 4.48. The maximum atomic E-state index is 4.30. The molecule has 1 aromatic rings. The van der Waals surface area contributed by atoms with Crippen molar-refractivity contribution in [2.24, 2.45) is 0 Å². The van der Waals surface area contributed by atoms with Crippen molar-refractivity contribution in [3.05, 3.63) is 35.7 Å². The zero-order valence-corrected chi connectivity index (χ0v) is 7.75. The van der Waals surface area contributed by atoms with Crippen LogP contribution in [0.3, 0.4) is 0 Å². The van der Waals surface area contributed by atoms with Crippen molar-refractivity contribution >= 4 is 6.08 Å². The van der Waals surface area contributed by atoms with Gasteiger partial charge in [0.2, 0.25) is 0 Å². The predicted molar refractivity (Wildman–Crippen MR) is 52.9 cm³/mol. The highest BCUT2D eigenvalue weighted by Crippen LogP contribution is 2.02. The summed E-state index contributed by atoms with van der Waals surface area (Å²) in [4.78, 5) is 4.30. The van der Waals surface area contributed by atoms with Gasteiger partial charge in [-0.3, -0.25) is 4.98 Å². The van der Waals surface area contributed by atoms with Crippen molar-refractivity contribution < 1.29 is 0 Å². The lowest BCUT2D eigenvalue weighted by Crippen LogP contribution is -1.84. The molecule has 0 unspecified atom stereocenters. The number of nitrogens with zero attached hydrogens (tertiary/aromatic N) is 1. The Kier molecular flexibility index (Phi) is 3.52. The molecule has 0 saturated heterocycles. The molecule has 0 saturated carbocycles. The third kappa shape index (κ3) is 2.50. The first-order chi connectivity index (χ1) is 5.86. The van der Waals surface area contributed by atoms with Crippen LogP contribution in [0.5, 0.6) is 0 Å². The third-order valence-electron chi connectivity index (χ3n) is 1.78. The Labute approximate surface area is 74.2 Å². The Bertz CT molecular complexity index is 246. The first-order valence-corrected chi connectivity index (χ1v) is 4.48. The quantitative estimate of drug-likeness (QED) is 0.664. The molecule has 0 aromatic carbocycles. The van der Waals surface area contributed by atoms with E-state index in [1.165, 1.54) is 5.56 Å². The van der Waals surface area contributed by atoms with Crippen molar-refractivity contribution in [3.63, 3.8) is 0 Å². The molecule has 0 aliphatic carbocycles. The minimum Gasteiger partial charge on any atom is -0.257 e. The third-order valence-corrected chi connectivity index (χ3v) is 1.78. The maximum Gasteiger partial charge on any atom is 0.0626 e. The van der Waals surface area contributed by atoms with Crippen molar-refractivity contribution in [1.82, 2.24) is 4.98 Å². The summed E-state index contributed by atoms with van der Waals surface area (Å²) in [6.45, 7) is 4.26. The van der Waals surface area contributed by atoms with E-state index in [1.54, 1.807) is 0 Å². The second-order valence-electron chi connectivity index (χ2n) is 2.76. The lowest BCUT2D eigenvalue weighted by atomic mass is 10.2. The molecule has 0 aliphatic rings. The summed E-state index contributed by atoms with van der Waals surface area (Å²) in [5.41, 5.74) is 2.35. The maximum absolute atomic E-state index is 4.30. The van der Waals surface area contributed by atoms with Crippen molar-refractivity contribution in [3.8, 4) is 0 Å². The van der Waals surface area contributed by atoms with Gasteiger partial charge in [0.1, 0.15) is 0 Å². The van der Waals surface area contributed by atoms with E-state index in [1.807, 2.05) is 6.20 Å². The number of pyridine rings is 1. The molecule has 1 nitrogen and oxygen atoms in total. The van der Waals surface area contributed by atoms with E-state index in [0.717, 1.165) is 18.5 Å². The fourth-order valence-electron chi connectivity index (χ4n) is 0.982. The molecule has 12 heavy (non-hydrogen) atoms. The second-order valence-corrected chi connectivity index (χ2v) is 2.76. The van der Waals surface area contributed by atoms with Crippen LogP contribution in [0.15, 0.2) is 24.4 Å². The van der Waals surface area contributed by atoms with Gasteiger partial charge in [0.15, 0.2) is 0 Å². The van der Waals surface area contributed by atoms with Gasteiger partial charge in [-0.15, -0.1) is 0 Å². The van der Waals surface area contributed by atoms with Gasteiger partial charge in [0.05, 0.1) is 5.69 Å². The predicted octanol–water partition coefficient (Wildman–Crippen LogP) is 3.07. The highest BCUT2D eigenvalue weighted by molar-refractivity contribution is 5.44. The van der Waals surface area contributed by atoms with Gasteiger partial charge in [0.25, 0.3) is 0 Å². The van der Waals surface area contributed by atoms with Crippen LogP contribution in [-0.4, -0.2) is 4.98 Å². The molecule has 0 spiro atoms. The smallest absolute Gasteiger partial charge is 0.0626 e. The summed E-state index contributed by atoms with van der Waals surface area (Å²) < 4.78 is 0. The van der Waals surface area contributed by atoms with E-state index in [2.05, 4.69) is 43.1 Å². The van der Waals surface area contributed by atoms with Crippen LogP contribution in [0.1, 0.15) is 31.5 Å². The number of hydrogen-bond donors (Lipinski definition) is 0. The van der Waals surface area contributed by atoms with E-state index in [9.17, 15) is 0 Å². The number of aryl methyl sites for hydroxylation is 1. The van der Waals surface area contributed by atoms with Gasteiger partial charge in [-0.1, -0.05) is 26.0 Å². The minimum atomic E-state index is 1.05. The zero-order valence-electron chi connectivity index (χ0n) is 7.75. The van der Waals surface area contributed by atoms with Crippen molar-refractivity contribution in [2.75, 3.05) is 0 Å². The number of hydrogen-bond acceptors (Lipinski definition) is 1. The standard InChI is InChI=1S/C11H15N/c1-3-5-6-11-8-7-10(4-2)9-12-11/h5-9H,3-4H2,1-2H3/b6-5+. The number of rotatable bonds is 3. The molecular formula is C11H15N. The molecule has 0 bridgehead atoms. The van der Waals surface area contributed by atoms with Gasteiger partial charge in [0, 0.05) is 6.20 Å². The molecule has 1 heterocycles. The molecule has 64 valence electrons. The van der Waals surface area contributed by atoms with Crippen LogP contribution < -0.4 is 0 Å². The molecular weight excluding hydrogens is 146 g/mol. The van der Waals surface area contributed by atoms with Gasteiger partial charge >= 0.3 is 0 Å². The molecule has 0 aliphatic heterocycles. The molecule has 0 radical (unpaired) electrons. The molecule has 0 fully saturated rings. The van der Waals surface area contributed by atoms with Crippen LogP contribution in [0, 0.1) is 0 Å². The van der Waals surface area contributed by atoms with Crippen molar-refractivity contribution in [1.29, 1.82) is 0 Å². The van der Waals surface area contributed by atoms with E-state index < -0.39 is 0 Å². The summed E-state index contributed by atoms with van der Waals surface area (Å²) in [5.74, 6) is 0. The topological polar surface area (TPSA) is 12.9 Å². The average molecular weight is 161 g/mol. The summed E-state index contributed by atoms with van der Waals surface area (Å²) >= 11 is 0. The van der Waals surface area contributed by atoms with Crippen molar-refractivity contribution in [2.45, 2.75) is 26.7 Å². The van der Waals surface area contributed by atoms with Gasteiger partial charge in [-0.05, 0) is 30.5 Å². The van der Waals surface area contributed by atoms with E-state index in [4.69, 9.17) is 0 Å². The number of aromatic nitrogens is 1. The molecule has 1 heteroatoms. The fraction of sp³-hybridized carbons (Fsp3) is 0.364.